The molecule has 0 aliphatic carbocycles. The number of ether oxygens (including phenoxy) is 3. The largest absolute Gasteiger partial charge is 0.493 e. The highest BCUT2D eigenvalue weighted by molar-refractivity contribution is 5.92. The summed E-state index contributed by atoms with van der Waals surface area (Å²) in [6.07, 6.45) is 6.43. The van der Waals surface area contributed by atoms with Gasteiger partial charge >= 0.3 is 0 Å². The molecule has 0 saturated heterocycles. The zero-order valence-electron chi connectivity index (χ0n) is 17.7. The van der Waals surface area contributed by atoms with Gasteiger partial charge in [-0.3, -0.25) is 4.79 Å². The topological polar surface area (TPSA) is 78.7 Å². The van der Waals surface area contributed by atoms with Crippen molar-refractivity contribution < 1.29 is 19.0 Å². The number of carbonyl (C=O) groups excluding carboxylic acids is 1. The number of nitrogens with zero attached hydrogens (tertiary/aromatic N) is 4. The minimum atomic E-state index is -0.110. The van der Waals surface area contributed by atoms with Crippen LogP contribution < -0.4 is 14.2 Å². The van der Waals surface area contributed by atoms with Crippen molar-refractivity contribution in [1.29, 1.82) is 0 Å². The lowest BCUT2D eigenvalue weighted by molar-refractivity contribution is -0.126. The summed E-state index contributed by atoms with van der Waals surface area (Å²) in [4.78, 5) is 18.4. The molecule has 1 amide bonds. The average Bonchev–Trinajstić information content (AvgIpc) is 3.36. The van der Waals surface area contributed by atoms with E-state index in [1.54, 1.807) is 42.2 Å². The zero-order valence-corrected chi connectivity index (χ0v) is 17.7. The molecule has 0 N–H and O–H groups in total. The highest BCUT2D eigenvalue weighted by atomic mass is 16.6. The Labute approximate surface area is 180 Å². The molecule has 1 atom stereocenters. The fourth-order valence-corrected chi connectivity index (χ4v) is 3.34. The van der Waals surface area contributed by atoms with Crippen molar-refractivity contribution in [2.45, 2.75) is 13.0 Å². The van der Waals surface area contributed by atoms with Crippen LogP contribution in [0.15, 0.2) is 55.1 Å². The van der Waals surface area contributed by atoms with Crippen LogP contribution in [0.4, 0.5) is 0 Å². The number of aromatic nitrogens is 3. The van der Waals surface area contributed by atoms with Gasteiger partial charge in [0.25, 0.3) is 0 Å². The number of carbonyl (C=O) groups is 1. The first-order chi connectivity index (χ1) is 15.1. The molecular weight excluding hydrogens is 396 g/mol. The summed E-state index contributed by atoms with van der Waals surface area (Å²) in [6.45, 7) is 2.96. The van der Waals surface area contributed by atoms with Crippen LogP contribution in [0.25, 0.3) is 11.8 Å². The lowest BCUT2D eigenvalue weighted by Crippen LogP contribution is -2.28. The zero-order chi connectivity index (χ0) is 21.8. The Kier molecular flexibility index (Phi) is 5.88. The Balaban J connectivity index is 1.46. The van der Waals surface area contributed by atoms with E-state index in [0.29, 0.717) is 30.5 Å². The summed E-state index contributed by atoms with van der Waals surface area (Å²) in [6, 6.07) is 11.4. The van der Waals surface area contributed by atoms with Crippen molar-refractivity contribution in [3.8, 4) is 22.9 Å². The van der Waals surface area contributed by atoms with E-state index in [4.69, 9.17) is 14.2 Å². The number of hydrogen-bond donors (Lipinski definition) is 0. The van der Waals surface area contributed by atoms with Gasteiger partial charge in [-0.25, -0.2) is 9.67 Å². The maximum atomic E-state index is 12.8. The van der Waals surface area contributed by atoms with Crippen molar-refractivity contribution in [1.82, 2.24) is 19.7 Å². The van der Waals surface area contributed by atoms with Crippen molar-refractivity contribution in [2.75, 3.05) is 27.4 Å². The molecular formula is C23H24N4O4. The second kappa shape index (κ2) is 8.91. The second-order valence-electron chi connectivity index (χ2n) is 7.14. The van der Waals surface area contributed by atoms with Crippen LogP contribution in [0.2, 0.25) is 0 Å². The fraction of sp³-hybridized carbons (Fsp3) is 0.261. The molecule has 8 nitrogen and oxygen atoms in total. The van der Waals surface area contributed by atoms with Gasteiger partial charge in [-0.1, -0.05) is 12.1 Å². The minimum absolute atomic E-state index is 0.100. The van der Waals surface area contributed by atoms with E-state index in [1.807, 2.05) is 43.3 Å². The molecule has 0 saturated carbocycles. The Morgan fingerprint density at radius 3 is 2.71 bits per heavy atom. The number of rotatable bonds is 6. The van der Waals surface area contributed by atoms with E-state index in [9.17, 15) is 4.79 Å². The van der Waals surface area contributed by atoms with Gasteiger partial charge in [-0.15, -0.1) is 0 Å². The summed E-state index contributed by atoms with van der Waals surface area (Å²) >= 11 is 0. The molecule has 1 aliphatic rings. The molecule has 31 heavy (non-hydrogen) atoms. The van der Waals surface area contributed by atoms with E-state index >= 15 is 0 Å². The van der Waals surface area contributed by atoms with Crippen LogP contribution in [0.3, 0.4) is 0 Å². The van der Waals surface area contributed by atoms with Gasteiger partial charge in [0.15, 0.2) is 11.5 Å². The molecule has 0 fully saturated rings. The minimum Gasteiger partial charge on any atom is -0.493 e. The molecule has 0 bridgehead atoms. The molecule has 8 heteroatoms. The monoisotopic (exact) mass is 420 g/mol. The number of methoxy groups -OCH3 is 1. The number of benzene rings is 2. The van der Waals surface area contributed by atoms with Crippen molar-refractivity contribution >= 4 is 12.0 Å². The van der Waals surface area contributed by atoms with Gasteiger partial charge in [0.05, 0.1) is 18.8 Å². The van der Waals surface area contributed by atoms with Crippen LogP contribution in [-0.2, 0) is 4.79 Å². The average molecular weight is 420 g/mol. The summed E-state index contributed by atoms with van der Waals surface area (Å²) in [7, 11) is 3.36. The van der Waals surface area contributed by atoms with Gasteiger partial charge in [0.1, 0.15) is 25.9 Å². The number of likely N-dealkylation sites (N-methyl/N-ethyl adjacent to an activating group) is 1. The van der Waals surface area contributed by atoms with Crippen LogP contribution in [0.1, 0.15) is 24.1 Å². The first-order valence-electron chi connectivity index (χ1n) is 9.94. The van der Waals surface area contributed by atoms with Crippen molar-refractivity contribution in [2.24, 2.45) is 0 Å². The van der Waals surface area contributed by atoms with Crippen LogP contribution in [-0.4, -0.2) is 52.9 Å². The Morgan fingerprint density at radius 1 is 1.23 bits per heavy atom. The molecule has 4 rings (SSSR count). The molecule has 160 valence electrons. The molecule has 3 aromatic rings. The van der Waals surface area contributed by atoms with Gasteiger partial charge in [-0.2, -0.15) is 5.10 Å². The van der Waals surface area contributed by atoms with E-state index in [0.717, 1.165) is 16.8 Å². The lowest BCUT2D eigenvalue weighted by atomic mass is 10.1. The van der Waals surface area contributed by atoms with Crippen molar-refractivity contribution in [3.05, 3.63) is 66.3 Å². The van der Waals surface area contributed by atoms with Gasteiger partial charge in [-0.05, 0) is 48.4 Å². The highest BCUT2D eigenvalue weighted by Gasteiger charge is 2.19. The molecule has 1 aromatic heterocycles. The third kappa shape index (κ3) is 4.37. The lowest BCUT2D eigenvalue weighted by Gasteiger charge is -2.24. The number of fused-ring (bicyclic) bond motifs is 1. The number of amides is 1. The molecule has 0 radical (unpaired) electrons. The number of hydrogen-bond acceptors (Lipinski definition) is 6. The molecule has 0 spiro atoms. The summed E-state index contributed by atoms with van der Waals surface area (Å²) in [5.74, 6) is 1.68. The predicted octanol–water partition coefficient (Wildman–Crippen LogP) is 3.28. The van der Waals surface area contributed by atoms with E-state index in [1.165, 1.54) is 6.33 Å². The maximum absolute atomic E-state index is 12.8. The normalized spacial score (nSPS) is 13.8. The van der Waals surface area contributed by atoms with E-state index in [-0.39, 0.29) is 11.9 Å². The van der Waals surface area contributed by atoms with Gasteiger partial charge in [0.2, 0.25) is 11.7 Å². The predicted molar refractivity (Wildman–Crippen MR) is 116 cm³/mol. The highest BCUT2D eigenvalue weighted by Crippen LogP contribution is 2.40. The smallest absolute Gasteiger partial charge is 0.246 e. The Hall–Kier alpha value is -3.81. The standard InChI is InChI=1S/C23H24N4O4/c1-16(18-5-7-19(8-6-18)27-15-24-14-25-27)26(2)22(28)9-4-17-12-20(29-3)23-21(13-17)30-10-11-31-23/h4-9,12-16H,10-11H2,1-3H3/b9-4+/t16-/m1/s1. The SMILES string of the molecule is COc1cc(/C=C/C(=O)N(C)[C@H](C)c2ccc(-n3cncn3)cc2)cc2c1OCCO2. The third-order valence-corrected chi connectivity index (χ3v) is 5.26. The molecule has 1 aliphatic heterocycles. The van der Waals surface area contributed by atoms with Crippen LogP contribution in [0, 0.1) is 0 Å². The molecule has 0 unspecified atom stereocenters. The van der Waals surface area contributed by atoms with Crippen LogP contribution >= 0.6 is 0 Å². The first-order valence-corrected chi connectivity index (χ1v) is 9.94. The van der Waals surface area contributed by atoms with E-state index < -0.39 is 0 Å². The Morgan fingerprint density at radius 2 is 2.00 bits per heavy atom. The first kappa shape index (κ1) is 20.5. The summed E-state index contributed by atoms with van der Waals surface area (Å²) in [5, 5.41) is 4.12. The van der Waals surface area contributed by atoms with Crippen LogP contribution in [0.5, 0.6) is 17.2 Å². The van der Waals surface area contributed by atoms with Crippen molar-refractivity contribution in [3.63, 3.8) is 0 Å². The molecule has 2 aromatic carbocycles. The van der Waals surface area contributed by atoms with Gasteiger partial charge in [0, 0.05) is 13.1 Å². The Bertz CT molecular complexity index is 1060. The quantitative estimate of drug-likeness (QED) is 0.570. The third-order valence-electron chi connectivity index (χ3n) is 5.26. The van der Waals surface area contributed by atoms with Gasteiger partial charge < -0.3 is 19.1 Å². The second-order valence-corrected chi connectivity index (χ2v) is 7.14. The van der Waals surface area contributed by atoms with E-state index in [2.05, 4.69) is 10.1 Å². The maximum Gasteiger partial charge on any atom is 0.246 e. The summed E-state index contributed by atoms with van der Waals surface area (Å²) in [5.41, 5.74) is 2.73. The molecule has 2 heterocycles. The fourth-order valence-electron chi connectivity index (χ4n) is 3.34. The summed E-state index contributed by atoms with van der Waals surface area (Å²) < 4.78 is 18.4.